The first-order chi connectivity index (χ1) is 15.6. The van der Waals surface area contributed by atoms with Gasteiger partial charge in [-0.25, -0.2) is 8.42 Å². The van der Waals surface area contributed by atoms with Gasteiger partial charge in [-0.3, -0.25) is 14.4 Å². The Kier molecular flexibility index (Phi) is 8.31. The Balaban J connectivity index is 1.81. The summed E-state index contributed by atoms with van der Waals surface area (Å²) >= 11 is 6.27. The number of carbonyl (C=O) groups excluding carboxylic acids is 2. The predicted octanol–water partition coefficient (Wildman–Crippen LogP) is 3.37. The lowest BCUT2D eigenvalue weighted by Crippen LogP contribution is -2.33. The van der Waals surface area contributed by atoms with Gasteiger partial charge in [0, 0.05) is 18.5 Å². The summed E-state index contributed by atoms with van der Waals surface area (Å²) in [6.45, 7) is 0.375. The molecule has 180 valence electrons. The molecule has 1 saturated carbocycles. The van der Waals surface area contributed by atoms with E-state index in [1.54, 1.807) is 34.0 Å². The van der Waals surface area contributed by atoms with Crippen LogP contribution in [0.15, 0.2) is 35.4 Å². The fourth-order valence-electron chi connectivity index (χ4n) is 4.27. The number of halogens is 1. The van der Waals surface area contributed by atoms with Crippen molar-refractivity contribution < 1.29 is 18.0 Å². The quantitative estimate of drug-likeness (QED) is 0.508. The summed E-state index contributed by atoms with van der Waals surface area (Å²) in [6.07, 6.45) is 8.81. The third-order valence-corrected chi connectivity index (χ3v) is 7.78. The van der Waals surface area contributed by atoms with E-state index >= 15 is 0 Å². The summed E-state index contributed by atoms with van der Waals surface area (Å²) < 4.78 is 25.5. The number of hydrogen-bond donors (Lipinski definition) is 1. The minimum Gasteiger partial charge on any atom is -0.309 e. The molecule has 1 aliphatic carbocycles. The lowest BCUT2D eigenvalue weighted by Gasteiger charge is -2.21. The van der Waals surface area contributed by atoms with Crippen molar-refractivity contribution in [1.82, 2.24) is 14.7 Å². The van der Waals surface area contributed by atoms with Gasteiger partial charge in [-0.2, -0.15) is 5.10 Å². The molecule has 1 fully saturated rings. The van der Waals surface area contributed by atoms with Gasteiger partial charge in [0.05, 0.1) is 28.4 Å². The van der Waals surface area contributed by atoms with Crippen molar-refractivity contribution in [2.24, 2.45) is 5.92 Å². The van der Waals surface area contributed by atoms with Crippen LogP contribution in [0, 0.1) is 5.92 Å². The van der Waals surface area contributed by atoms with Crippen molar-refractivity contribution in [1.29, 1.82) is 0 Å². The summed E-state index contributed by atoms with van der Waals surface area (Å²) in [5, 5.41) is 7.39. The molecule has 3 rings (SSSR count). The Bertz CT molecular complexity index is 1090. The second-order valence-electron chi connectivity index (χ2n) is 8.98. The fourth-order valence-corrected chi connectivity index (χ4v) is 5.61. The van der Waals surface area contributed by atoms with Gasteiger partial charge in [0.2, 0.25) is 5.91 Å². The van der Waals surface area contributed by atoms with E-state index in [0.717, 1.165) is 38.2 Å². The van der Waals surface area contributed by atoms with Gasteiger partial charge in [-0.05, 0) is 44.1 Å². The number of aldehydes is 1. The lowest BCUT2D eigenvalue weighted by molar-refractivity contribution is -0.118. The average molecular weight is 495 g/mol. The van der Waals surface area contributed by atoms with Crippen LogP contribution in [-0.2, 0) is 26.0 Å². The number of amides is 1. The van der Waals surface area contributed by atoms with Crippen LogP contribution in [0.2, 0.25) is 5.02 Å². The number of benzene rings is 1. The van der Waals surface area contributed by atoms with Crippen molar-refractivity contribution in [2.75, 3.05) is 25.7 Å². The maximum absolute atomic E-state index is 13.3. The minimum absolute atomic E-state index is 0.0531. The van der Waals surface area contributed by atoms with E-state index in [4.69, 9.17) is 11.6 Å². The third-order valence-electron chi connectivity index (χ3n) is 6.20. The fraction of sp³-hybridized carbons (Fsp3) is 0.522. The molecule has 33 heavy (non-hydrogen) atoms. The standard InChI is InChI=1S/C23H31ClN4O4S/c1-27(2)18(15-29)14-28-11-10-22(26-28)25-23(30)19(12-16-6-4-5-7-16)17-8-9-21(20(24)13-17)33(3,31)32/h8-11,13,15-16,18-19H,4-7,12,14H2,1-3H3,(H,25,26,30). The largest absolute Gasteiger partial charge is 0.309 e. The number of rotatable bonds is 10. The van der Waals surface area contributed by atoms with E-state index in [-0.39, 0.29) is 21.9 Å². The van der Waals surface area contributed by atoms with Gasteiger partial charge in [0.1, 0.15) is 6.29 Å². The number of nitrogens with one attached hydrogen (secondary N) is 1. The molecular formula is C23H31ClN4O4S. The Hall–Kier alpha value is -2.23. The molecule has 0 aliphatic heterocycles. The van der Waals surface area contributed by atoms with Gasteiger partial charge < -0.3 is 10.1 Å². The molecule has 1 aromatic carbocycles. The summed E-state index contributed by atoms with van der Waals surface area (Å²) in [6, 6.07) is 6.10. The van der Waals surface area contributed by atoms with Gasteiger partial charge >= 0.3 is 0 Å². The van der Waals surface area contributed by atoms with E-state index < -0.39 is 15.8 Å². The topological polar surface area (TPSA) is 101 Å². The highest BCUT2D eigenvalue weighted by atomic mass is 35.5. The third kappa shape index (κ3) is 6.65. The molecule has 8 nitrogen and oxygen atoms in total. The van der Waals surface area contributed by atoms with Crippen LogP contribution >= 0.6 is 11.6 Å². The highest BCUT2D eigenvalue weighted by Crippen LogP contribution is 2.36. The normalized spacial score (nSPS) is 16.6. The molecule has 1 aromatic heterocycles. The number of anilines is 1. The second-order valence-corrected chi connectivity index (χ2v) is 11.4. The Labute approximate surface area is 200 Å². The van der Waals surface area contributed by atoms with Crippen molar-refractivity contribution in [3.05, 3.63) is 41.0 Å². The van der Waals surface area contributed by atoms with Gasteiger partial charge in [-0.1, -0.05) is 43.4 Å². The van der Waals surface area contributed by atoms with Crippen LogP contribution in [0.5, 0.6) is 0 Å². The van der Waals surface area contributed by atoms with E-state index in [9.17, 15) is 18.0 Å². The van der Waals surface area contributed by atoms with Crippen LogP contribution in [0.25, 0.3) is 0 Å². The first-order valence-electron chi connectivity index (χ1n) is 11.0. The SMILES string of the molecule is CN(C)C(C=O)Cn1ccc(NC(=O)C(CC2CCCC2)c2ccc(S(C)(=O)=O)c(Cl)c2)n1. The van der Waals surface area contributed by atoms with E-state index in [2.05, 4.69) is 10.4 Å². The zero-order valence-corrected chi connectivity index (χ0v) is 20.8. The van der Waals surface area contributed by atoms with Crippen molar-refractivity contribution in [3.8, 4) is 0 Å². The summed E-state index contributed by atoms with van der Waals surface area (Å²) in [5.74, 6) is 0.141. The summed E-state index contributed by atoms with van der Waals surface area (Å²) in [5.41, 5.74) is 0.685. The van der Waals surface area contributed by atoms with E-state index in [0.29, 0.717) is 30.3 Å². The molecule has 2 unspecified atom stereocenters. The molecule has 10 heteroatoms. The van der Waals surface area contributed by atoms with E-state index in [1.807, 2.05) is 14.1 Å². The van der Waals surface area contributed by atoms with E-state index in [1.165, 1.54) is 6.07 Å². The number of carbonyl (C=O) groups is 2. The molecule has 0 radical (unpaired) electrons. The van der Waals surface area contributed by atoms with Crippen molar-refractivity contribution >= 4 is 39.4 Å². The highest BCUT2D eigenvalue weighted by molar-refractivity contribution is 7.90. The Morgan fingerprint density at radius 1 is 1.30 bits per heavy atom. The first-order valence-corrected chi connectivity index (χ1v) is 13.3. The smallest absolute Gasteiger partial charge is 0.233 e. The average Bonchev–Trinajstić information content (AvgIpc) is 3.40. The molecule has 1 amide bonds. The van der Waals surface area contributed by atoms with Gasteiger partial charge in [0.25, 0.3) is 0 Å². The van der Waals surface area contributed by atoms with Crippen LogP contribution in [0.4, 0.5) is 5.82 Å². The molecule has 0 bridgehead atoms. The molecule has 1 aliphatic rings. The number of aromatic nitrogens is 2. The van der Waals surface area contributed by atoms with Crippen molar-refractivity contribution in [3.63, 3.8) is 0 Å². The van der Waals surface area contributed by atoms with Crippen LogP contribution in [0.3, 0.4) is 0 Å². The predicted molar refractivity (Wildman–Crippen MR) is 128 cm³/mol. The number of likely N-dealkylation sites (N-methyl/N-ethyl adjacent to an activating group) is 1. The summed E-state index contributed by atoms with van der Waals surface area (Å²) in [7, 11) is 0.181. The zero-order valence-electron chi connectivity index (χ0n) is 19.2. The number of hydrogen-bond acceptors (Lipinski definition) is 6. The number of sulfone groups is 1. The van der Waals surface area contributed by atoms with Gasteiger partial charge in [-0.15, -0.1) is 0 Å². The molecule has 0 spiro atoms. The molecular weight excluding hydrogens is 464 g/mol. The monoisotopic (exact) mass is 494 g/mol. The molecule has 1 N–H and O–H groups in total. The van der Waals surface area contributed by atoms with Crippen LogP contribution in [0.1, 0.15) is 43.6 Å². The molecule has 2 aromatic rings. The zero-order chi connectivity index (χ0) is 24.2. The van der Waals surface area contributed by atoms with Gasteiger partial charge in [0.15, 0.2) is 15.7 Å². The summed E-state index contributed by atoms with van der Waals surface area (Å²) in [4.78, 5) is 26.4. The maximum atomic E-state index is 13.3. The second kappa shape index (κ2) is 10.8. The molecule has 2 atom stereocenters. The Morgan fingerprint density at radius 2 is 2.00 bits per heavy atom. The minimum atomic E-state index is -3.46. The Morgan fingerprint density at radius 3 is 2.58 bits per heavy atom. The van der Waals surface area contributed by atoms with Crippen LogP contribution < -0.4 is 5.32 Å². The maximum Gasteiger partial charge on any atom is 0.233 e. The highest BCUT2D eigenvalue weighted by Gasteiger charge is 2.28. The molecule has 0 saturated heterocycles. The number of nitrogens with zero attached hydrogens (tertiary/aromatic N) is 3. The lowest BCUT2D eigenvalue weighted by atomic mass is 9.87. The van der Waals surface area contributed by atoms with Crippen molar-refractivity contribution in [2.45, 2.75) is 55.5 Å². The first kappa shape index (κ1) is 25.4. The van der Waals surface area contributed by atoms with Crippen LogP contribution in [-0.4, -0.2) is 61.7 Å². The molecule has 1 heterocycles.